The summed E-state index contributed by atoms with van der Waals surface area (Å²) in [6.45, 7) is 3.63. The molecule has 0 heterocycles. The molecule has 0 spiro atoms. The van der Waals surface area contributed by atoms with Crippen LogP contribution < -0.4 is 5.73 Å². The molecule has 0 aromatic carbocycles. The van der Waals surface area contributed by atoms with Crippen molar-refractivity contribution >= 4 is 19.8 Å². The third-order valence-electron chi connectivity index (χ3n) is 16.7. The molecule has 0 saturated carbocycles. The molecule has 0 fully saturated rings. The zero-order valence-electron chi connectivity index (χ0n) is 61.4. The molecule has 0 saturated heterocycles. The number of phosphoric ester groups is 1. The number of nitrogens with two attached hydrogens (primary N) is 1. The molecule has 2 unspecified atom stereocenters. The molecular weight excluding hydrogens is 1190 g/mol. The zero-order chi connectivity index (χ0) is 68.6. The van der Waals surface area contributed by atoms with Crippen molar-refractivity contribution in [1.29, 1.82) is 0 Å². The van der Waals surface area contributed by atoms with E-state index >= 15 is 0 Å². The molecular formula is C85H146NO8P. The minimum absolute atomic E-state index is 0.0461. The Morgan fingerprint density at radius 1 is 0.326 bits per heavy atom. The van der Waals surface area contributed by atoms with E-state index in [-0.39, 0.29) is 38.6 Å². The molecule has 0 aromatic rings. The van der Waals surface area contributed by atoms with Gasteiger partial charge in [0.1, 0.15) is 6.61 Å². The monoisotopic (exact) mass is 1340 g/mol. The van der Waals surface area contributed by atoms with Crippen LogP contribution in [0.25, 0.3) is 0 Å². The van der Waals surface area contributed by atoms with Crippen molar-refractivity contribution in [2.45, 2.75) is 354 Å². The van der Waals surface area contributed by atoms with Crippen LogP contribution in [0.3, 0.4) is 0 Å². The van der Waals surface area contributed by atoms with E-state index in [1.165, 1.54) is 199 Å². The Balaban J connectivity index is 3.87. The molecule has 0 radical (unpaired) electrons. The van der Waals surface area contributed by atoms with Crippen LogP contribution in [-0.2, 0) is 32.7 Å². The lowest BCUT2D eigenvalue weighted by Crippen LogP contribution is -2.29. The minimum Gasteiger partial charge on any atom is -0.462 e. The van der Waals surface area contributed by atoms with Crippen LogP contribution in [-0.4, -0.2) is 49.3 Å². The maximum absolute atomic E-state index is 12.8. The van der Waals surface area contributed by atoms with Gasteiger partial charge < -0.3 is 20.1 Å². The van der Waals surface area contributed by atoms with E-state index in [1.54, 1.807) is 0 Å². The van der Waals surface area contributed by atoms with Gasteiger partial charge in [-0.3, -0.25) is 18.6 Å². The molecule has 0 aliphatic heterocycles. The first-order valence-electron chi connectivity index (χ1n) is 39.3. The average molecular weight is 1340 g/mol. The minimum atomic E-state index is -4.41. The van der Waals surface area contributed by atoms with Gasteiger partial charge in [-0.25, -0.2) is 4.57 Å². The Morgan fingerprint density at radius 2 is 0.579 bits per heavy atom. The fourth-order valence-electron chi connectivity index (χ4n) is 10.9. The van der Waals surface area contributed by atoms with Gasteiger partial charge in [0, 0.05) is 19.4 Å². The molecule has 0 aliphatic rings. The number of carbonyl (C=O) groups excluding carboxylic acids is 2. The summed E-state index contributed by atoms with van der Waals surface area (Å²) in [7, 11) is -4.41. The summed E-state index contributed by atoms with van der Waals surface area (Å²) in [6.07, 6.45) is 114. The van der Waals surface area contributed by atoms with E-state index in [4.69, 9.17) is 24.3 Å². The van der Waals surface area contributed by atoms with Gasteiger partial charge in [0.2, 0.25) is 0 Å². The van der Waals surface area contributed by atoms with Crippen LogP contribution in [0.1, 0.15) is 348 Å². The van der Waals surface area contributed by atoms with Gasteiger partial charge in [-0.1, -0.05) is 359 Å². The highest BCUT2D eigenvalue weighted by atomic mass is 31.2. The van der Waals surface area contributed by atoms with Crippen LogP contribution in [0.2, 0.25) is 0 Å². The Hall–Kier alpha value is -4.11. The summed E-state index contributed by atoms with van der Waals surface area (Å²) in [5.41, 5.74) is 5.41. The summed E-state index contributed by atoms with van der Waals surface area (Å²) in [5.74, 6) is -0.836. The van der Waals surface area contributed by atoms with E-state index in [2.05, 4.69) is 160 Å². The third-order valence-corrected chi connectivity index (χ3v) is 17.7. The van der Waals surface area contributed by atoms with Crippen LogP contribution in [0.15, 0.2) is 146 Å². The summed E-state index contributed by atoms with van der Waals surface area (Å²) < 4.78 is 33.2. The Kier molecular flexibility index (Phi) is 75.5. The summed E-state index contributed by atoms with van der Waals surface area (Å²) in [4.78, 5) is 35.4. The number of ether oxygens (including phenoxy) is 2. The van der Waals surface area contributed by atoms with Crippen molar-refractivity contribution in [3.05, 3.63) is 146 Å². The molecule has 2 atom stereocenters. The second-order valence-electron chi connectivity index (χ2n) is 25.8. The van der Waals surface area contributed by atoms with Gasteiger partial charge in [-0.15, -0.1) is 0 Å². The largest absolute Gasteiger partial charge is 0.472 e. The maximum atomic E-state index is 12.8. The molecule has 10 heteroatoms. The van der Waals surface area contributed by atoms with E-state index < -0.39 is 26.5 Å². The first-order valence-corrected chi connectivity index (χ1v) is 40.8. The Morgan fingerprint density at radius 3 is 0.863 bits per heavy atom. The number of hydrogen-bond acceptors (Lipinski definition) is 8. The topological polar surface area (TPSA) is 134 Å². The summed E-state index contributed by atoms with van der Waals surface area (Å²) in [5, 5.41) is 0. The molecule has 0 bridgehead atoms. The lowest BCUT2D eigenvalue weighted by molar-refractivity contribution is -0.161. The predicted molar refractivity (Wildman–Crippen MR) is 413 cm³/mol. The molecule has 3 N–H and O–H groups in total. The van der Waals surface area contributed by atoms with Crippen LogP contribution >= 0.6 is 7.82 Å². The maximum Gasteiger partial charge on any atom is 0.472 e. The van der Waals surface area contributed by atoms with Crippen molar-refractivity contribution in [1.82, 2.24) is 0 Å². The summed E-state index contributed by atoms with van der Waals surface area (Å²) in [6, 6.07) is 0. The van der Waals surface area contributed by atoms with Crippen molar-refractivity contribution in [3.8, 4) is 0 Å². The van der Waals surface area contributed by atoms with E-state index in [0.717, 1.165) is 116 Å². The predicted octanol–water partition coefficient (Wildman–Crippen LogP) is 26.5. The molecule has 0 aromatic heterocycles. The first kappa shape index (κ1) is 90.9. The fraction of sp³-hybridized carbons (Fsp3) is 0.694. The van der Waals surface area contributed by atoms with Crippen LogP contribution in [0.5, 0.6) is 0 Å². The number of phosphoric acid groups is 1. The molecule has 0 aliphatic carbocycles. The van der Waals surface area contributed by atoms with Crippen LogP contribution in [0, 0.1) is 0 Å². The van der Waals surface area contributed by atoms with E-state index in [9.17, 15) is 19.0 Å². The lowest BCUT2D eigenvalue weighted by Gasteiger charge is -2.19. The highest BCUT2D eigenvalue weighted by Crippen LogP contribution is 2.43. The number of unbranched alkanes of at least 4 members (excludes halogenated alkanes) is 36. The van der Waals surface area contributed by atoms with Gasteiger partial charge in [0.15, 0.2) is 6.10 Å². The number of hydrogen-bond donors (Lipinski definition) is 2. The quantitative estimate of drug-likeness (QED) is 0.0264. The molecule has 95 heavy (non-hydrogen) atoms. The molecule has 544 valence electrons. The Labute approximate surface area is 586 Å². The van der Waals surface area contributed by atoms with Gasteiger partial charge in [0.05, 0.1) is 13.2 Å². The molecule has 0 rings (SSSR count). The van der Waals surface area contributed by atoms with Crippen LogP contribution in [0.4, 0.5) is 0 Å². The SMILES string of the molecule is CC/C=C\C/C=C\C/C=C\C/C=C\C/C=C\C/C=C\C/C=C\C/C=C\C/C=C\CCCCCCCCCC(=O)OC(COC(=O)CCCCCCCCCCCCCCCCCCCCCCCCCC/C=C\C/C=C\C/C=C\CCCCCCC)COP(=O)(O)OCCN. The standard InChI is InChI=1S/C85H146NO8P/c1-3-5-7-9-11-13-15-17-19-21-23-25-27-29-31-33-35-37-39-40-41-42-44-45-47-49-51-53-55-57-59-61-63-65-67-69-71-73-75-77-84(87)91-81-83(82-93-95(89,90)92-80-79-86)94-85(88)78-76-74-72-70-68-66-64-62-60-58-56-54-52-50-48-46-43-38-36-34-32-30-28-26-24-22-20-18-16-14-12-10-8-6-4-2/h6,8,12,14-15,17-18,20-21,23-24,26-27,29-30,32,36,38,46,48,52,54,58,60,83H,3-5,7,9-11,13,16,19,22,25,28,31,33-35,37,39-45,47,49-51,53,55-57,59,61-82,86H2,1-2H3,(H,89,90)/b8-6-,14-12-,17-15-,20-18-,23-21-,26-24-,29-27-,32-30-,38-36-,48-46-,54-52-,60-58-. The Bertz CT molecular complexity index is 2080. The normalized spacial score (nSPS) is 13.7. The van der Waals surface area contributed by atoms with Gasteiger partial charge in [0.25, 0.3) is 0 Å². The number of carbonyl (C=O) groups is 2. The van der Waals surface area contributed by atoms with Gasteiger partial charge >= 0.3 is 19.8 Å². The fourth-order valence-corrected chi connectivity index (χ4v) is 11.7. The summed E-state index contributed by atoms with van der Waals surface area (Å²) >= 11 is 0. The smallest absolute Gasteiger partial charge is 0.462 e. The lowest BCUT2D eigenvalue weighted by atomic mass is 10.0. The highest BCUT2D eigenvalue weighted by molar-refractivity contribution is 7.47. The highest BCUT2D eigenvalue weighted by Gasteiger charge is 2.26. The van der Waals surface area contributed by atoms with E-state index in [0.29, 0.717) is 6.42 Å². The second-order valence-corrected chi connectivity index (χ2v) is 27.3. The van der Waals surface area contributed by atoms with Crippen molar-refractivity contribution in [2.75, 3.05) is 26.4 Å². The molecule has 9 nitrogen and oxygen atoms in total. The second kappa shape index (κ2) is 78.9. The van der Waals surface area contributed by atoms with E-state index in [1.807, 2.05) is 0 Å². The third kappa shape index (κ3) is 78.8. The van der Waals surface area contributed by atoms with Crippen molar-refractivity contribution in [3.63, 3.8) is 0 Å². The number of rotatable bonds is 73. The zero-order valence-corrected chi connectivity index (χ0v) is 62.3. The molecule has 0 amide bonds. The van der Waals surface area contributed by atoms with Gasteiger partial charge in [-0.2, -0.15) is 0 Å². The first-order chi connectivity index (χ1) is 46.8. The number of allylic oxidation sites excluding steroid dienone is 24. The average Bonchev–Trinajstić information content (AvgIpc) is 3.32. The van der Waals surface area contributed by atoms with Gasteiger partial charge in [-0.05, 0) is 122 Å². The van der Waals surface area contributed by atoms with Crippen molar-refractivity contribution < 1.29 is 37.6 Å². The number of esters is 2. The van der Waals surface area contributed by atoms with Crippen molar-refractivity contribution in [2.24, 2.45) is 5.73 Å².